The second-order valence-corrected chi connectivity index (χ2v) is 6.33. The Bertz CT molecular complexity index is 386. The van der Waals surface area contributed by atoms with E-state index in [1.54, 1.807) is 12.3 Å². The third-order valence-electron chi connectivity index (χ3n) is 2.32. The molecule has 0 aromatic heterocycles. The van der Waals surface area contributed by atoms with Gasteiger partial charge in [0.2, 0.25) is 0 Å². The van der Waals surface area contributed by atoms with Crippen molar-refractivity contribution in [1.82, 2.24) is 5.32 Å². The van der Waals surface area contributed by atoms with Crippen LogP contribution in [0.25, 0.3) is 0 Å². The maximum atomic E-state index is 13.0. The van der Waals surface area contributed by atoms with Crippen LogP contribution in [0.5, 0.6) is 0 Å². The lowest BCUT2D eigenvalue weighted by Crippen LogP contribution is -2.27. The van der Waals surface area contributed by atoms with Crippen LogP contribution in [0.15, 0.2) is 22.7 Å². The third kappa shape index (κ3) is 4.31. The Morgan fingerprint density at radius 2 is 2.25 bits per heavy atom. The molecule has 0 aliphatic rings. The molecule has 1 rings (SSSR count). The zero-order valence-corrected chi connectivity index (χ0v) is 11.7. The van der Waals surface area contributed by atoms with Crippen molar-refractivity contribution in [1.29, 1.82) is 0 Å². The van der Waals surface area contributed by atoms with Gasteiger partial charge in [-0.05, 0) is 30.7 Å². The predicted octanol–water partition coefficient (Wildman–Crippen LogP) is 2.44. The standard InChI is InChI=1S/C11H15BrFNOS/c1-8(16(2)15)6-14-7-9-5-10(13)3-4-11(9)12/h3-5,8,14H,6-7H2,1-2H3/t8-,16+/m0/s1. The first-order valence-electron chi connectivity index (χ1n) is 4.97. The molecule has 0 aliphatic heterocycles. The van der Waals surface area contributed by atoms with Gasteiger partial charge in [0.15, 0.2) is 0 Å². The molecular weight excluding hydrogens is 293 g/mol. The van der Waals surface area contributed by atoms with Gasteiger partial charge in [-0.3, -0.25) is 4.21 Å². The van der Waals surface area contributed by atoms with Crippen LogP contribution in [0.2, 0.25) is 0 Å². The number of hydrogen-bond acceptors (Lipinski definition) is 2. The summed E-state index contributed by atoms with van der Waals surface area (Å²) in [7, 11) is -0.826. The molecule has 0 unspecified atom stereocenters. The fourth-order valence-electron chi connectivity index (χ4n) is 1.21. The highest BCUT2D eigenvalue weighted by molar-refractivity contribution is 9.10. The maximum Gasteiger partial charge on any atom is 0.123 e. The molecule has 0 heterocycles. The molecule has 0 saturated carbocycles. The van der Waals surface area contributed by atoms with Crippen molar-refractivity contribution in [2.45, 2.75) is 18.7 Å². The summed E-state index contributed by atoms with van der Waals surface area (Å²) in [5.41, 5.74) is 0.870. The molecular formula is C11H15BrFNOS. The lowest BCUT2D eigenvalue weighted by atomic mass is 10.2. The minimum absolute atomic E-state index is 0.104. The quantitative estimate of drug-likeness (QED) is 0.905. The van der Waals surface area contributed by atoms with Crippen LogP contribution < -0.4 is 5.32 Å². The summed E-state index contributed by atoms with van der Waals surface area (Å²) >= 11 is 3.36. The zero-order chi connectivity index (χ0) is 12.1. The predicted molar refractivity (Wildman–Crippen MR) is 69.3 cm³/mol. The Morgan fingerprint density at radius 1 is 1.56 bits per heavy atom. The number of rotatable bonds is 5. The van der Waals surface area contributed by atoms with Gasteiger partial charge < -0.3 is 5.32 Å². The summed E-state index contributed by atoms with van der Waals surface area (Å²) in [5, 5.41) is 3.27. The van der Waals surface area contributed by atoms with Crippen LogP contribution in [0.4, 0.5) is 4.39 Å². The van der Waals surface area contributed by atoms with Gasteiger partial charge in [0, 0.05) is 39.9 Å². The third-order valence-corrected chi connectivity index (χ3v) is 4.40. The van der Waals surface area contributed by atoms with Crippen LogP contribution >= 0.6 is 15.9 Å². The lowest BCUT2D eigenvalue weighted by Gasteiger charge is -2.10. The molecule has 1 aromatic rings. The van der Waals surface area contributed by atoms with E-state index in [9.17, 15) is 8.60 Å². The van der Waals surface area contributed by atoms with Crippen LogP contribution in [0, 0.1) is 5.82 Å². The zero-order valence-electron chi connectivity index (χ0n) is 9.30. The van der Waals surface area contributed by atoms with Crippen molar-refractivity contribution in [2.24, 2.45) is 0 Å². The summed E-state index contributed by atoms with van der Waals surface area (Å²) in [6.07, 6.45) is 1.68. The van der Waals surface area contributed by atoms with Crippen molar-refractivity contribution in [2.75, 3.05) is 12.8 Å². The van der Waals surface area contributed by atoms with Crippen molar-refractivity contribution >= 4 is 26.7 Å². The first-order valence-corrected chi connectivity index (χ1v) is 7.39. The summed E-state index contributed by atoms with van der Waals surface area (Å²) in [6, 6.07) is 4.59. The van der Waals surface area contributed by atoms with E-state index in [1.165, 1.54) is 12.1 Å². The Morgan fingerprint density at radius 3 is 2.88 bits per heavy atom. The number of halogens is 2. The number of hydrogen-bond donors (Lipinski definition) is 1. The molecule has 5 heteroatoms. The molecule has 16 heavy (non-hydrogen) atoms. The summed E-state index contributed by atoms with van der Waals surface area (Å²) < 4.78 is 25.0. The Hall–Kier alpha value is -0.260. The van der Waals surface area contributed by atoms with Gasteiger partial charge in [0.1, 0.15) is 5.82 Å². The van der Waals surface area contributed by atoms with E-state index in [1.807, 2.05) is 6.92 Å². The molecule has 0 radical (unpaired) electrons. The second-order valence-electron chi connectivity index (χ2n) is 3.68. The highest BCUT2D eigenvalue weighted by atomic mass is 79.9. The average Bonchev–Trinajstić information content (AvgIpc) is 2.22. The van der Waals surface area contributed by atoms with Gasteiger partial charge >= 0.3 is 0 Å². The monoisotopic (exact) mass is 307 g/mol. The van der Waals surface area contributed by atoms with Crippen molar-refractivity contribution in [3.8, 4) is 0 Å². The number of nitrogens with one attached hydrogen (secondary N) is 1. The molecule has 2 atom stereocenters. The lowest BCUT2D eigenvalue weighted by molar-refractivity contribution is 0.616. The van der Waals surface area contributed by atoms with Crippen LogP contribution in [0.1, 0.15) is 12.5 Å². The normalized spacial score (nSPS) is 14.8. The van der Waals surface area contributed by atoms with Crippen LogP contribution in [-0.2, 0) is 17.3 Å². The minimum Gasteiger partial charge on any atom is -0.311 e. The smallest absolute Gasteiger partial charge is 0.123 e. The molecule has 0 saturated heterocycles. The second kappa shape index (κ2) is 6.47. The van der Waals surface area contributed by atoms with Crippen molar-refractivity contribution in [3.63, 3.8) is 0 Å². The van der Waals surface area contributed by atoms with Crippen molar-refractivity contribution < 1.29 is 8.60 Å². The molecule has 0 bridgehead atoms. The van der Waals surface area contributed by atoms with E-state index in [0.29, 0.717) is 13.1 Å². The van der Waals surface area contributed by atoms with Gasteiger partial charge in [-0.1, -0.05) is 15.9 Å². The first-order chi connectivity index (χ1) is 7.50. The van der Waals surface area contributed by atoms with E-state index in [0.717, 1.165) is 10.0 Å². The fourth-order valence-corrected chi connectivity index (χ4v) is 1.95. The molecule has 2 nitrogen and oxygen atoms in total. The first kappa shape index (κ1) is 13.8. The molecule has 0 aliphatic carbocycles. The van der Waals surface area contributed by atoms with E-state index in [4.69, 9.17) is 0 Å². The molecule has 0 amide bonds. The SMILES string of the molecule is C[C@@H](CNCc1cc(F)ccc1Br)[S@@](C)=O. The highest BCUT2D eigenvalue weighted by Gasteiger charge is 2.06. The molecule has 1 N–H and O–H groups in total. The summed E-state index contributed by atoms with van der Waals surface area (Å²) in [6.45, 7) is 3.15. The van der Waals surface area contributed by atoms with Crippen LogP contribution in [0.3, 0.4) is 0 Å². The average molecular weight is 308 g/mol. The largest absolute Gasteiger partial charge is 0.311 e. The Labute approximate surface area is 106 Å². The van der Waals surface area contributed by atoms with E-state index in [2.05, 4.69) is 21.2 Å². The summed E-state index contributed by atoms with van der Waals surface area (Å²) in [4.78, 5) is 0. The maximum absolute atomic E-state index is 13.0. The van der Waals surface area contributed by atoms with Gasteiger partial charge in [0.25, 0.3) is 0 Å². The van der Waals surface area contributed by atoms with E-state index >= 15 is 0 Å². The Kier molecular flexibility index (Phi) is 5.58. The van der Waals surface area contributed by atoms with E-state index in [-0.39, 0.29) is 11.1 Å². The summed E-state index contributed by atoms with van der Waals surface area (Å²) in [5.74, 6) is -0.243. The molecule has 0 fully saturated rings. The van der Waals surface area contributed by atoms with Gasteiger partial charge in [-0.25, -0.2) is 4.39 Å². The minimum atomic E-state index is -0.826. The molecule has 90 valence electrons. The fraction of sp³-hybridized carbons (Fsp3) is 0.455. The Balaban J connectivity index is 2.48. The van der Waals surface area contributed by atoms with Crippen LogP contribution in [-0.4, -0.2) is 22.3 Å². The van der Waals surface area contributed by atoms with Crippen molar-refractivity contribution in [3.05, 3.63) is 34.1 Å². The molecule has 0 spiro atoms. The van der Waals surface area contributed by atoms with Gasteiger partial charge in [-0.15, -0.1) is 0 Å². The molecule has 1 aromatic carbocycles. The highest BCUT2D eigenvalue weighted by Crippen LogP contribution is 2.17. The van der Waals surface area contributed by atoms with Gasteiger partial charge in [0.05, 0.1) is 0 Å². The topological polar surface area (TPSA) is 29.1 Å². The van der Waals surface area contributed by atoms with E-state index < -0.39 is 10.8 Å². The van der Waals surface area contributed by atoms with Gasteiger partial charge in [-0.2, -0.15) is 0 Å². The number of benzene rings is 1.